The molecule has 130 valence electrons. The van der Waals surface area contributed by atoms with E-state index in [0.717, 1.165) is 22.6 Å². The van der Waals surface area contributed by atoms with Crippen LogP contribution in [-0.2, 0) is 10.1 Å². The van der Waals surface area contributed by atoms with Crippen LogP contribution in [0.25, 0.3) is 11.3 Å². The summed E-state index contributed by atoms with van der Waals surface area (Å²) in [5.41, 5.74) is 2.91. The highest BCUT2D eigenvalue weighted by molar-refractivity contribution is 8.02. The summed E-state index contributed by atoms with van der Waals surface area (Å²) in [6.07, 6.45) is 3.36. The molecule has 0 spiro atoms. The number of aryl methyl sites for hydroxylation is 1. The van der Waals surface area contributed by atoms with E-state index < -0.39 is 15.3 Å². The summed E-state index contributed by atoms with van der Waals surface area (Å²) in [7, 11) is -4.44. The lowest BCUT2D eigenvalue weighted by Crippen LogP contribution is -2.36. The Kier molecular flexibility index (Phi) is 6.03. The van der Waals surface area contributed by atoms with Crippen molar-refractivity contribution in [3.63, 3.8) is 0 Å². The number of amidine groups is 1. The molecule has 24 heavy (non-hydrogen) atoms. The summed E-state index contributed by atoms with van der Waals surface area (Å²) in [6, 6.07) is 5.36. The smallest absolute Gasteiger partial charge is 0.328 e. The average Bonchev–Trinajstić information content (AvgIpc) is 3.02. The van der Waals surface area contributed by atoms with Crippen LogP contribution in [0, 0.1) is 6.92 Å². The molecule has 0 radical (unpaired) electrons. The molecule has 0 amide bonds. The molecule has 2 aromatic rings. The van der Waals surface area contributed by atoms with E-state index in [1.165, 1.54) is 11.8 Å². The van der Waals surface area contributed by atoms with Crippen molar-refractivity contribution in [2.75, 3.05) is 5.75 Å². The van der Waals surface area contributed by atoms with E-state index in [2.05, 4.69) is 20.3 Å². The van der Waals surface area contributed by atoms with Crippen molar-refractivity contribution in [1.29, 1.82) is 0 Å². The minimum atomic E-state index is -4.44. The zero-order valence-corrected chi connectivity index (χ0v) is 15.3. The van der Waals surface area contributed by atoms with Gasteiger partial charge in [-0.05, 0) is 37.3 Å². The molecule has 2 rings (SSSR count). The van der Waals surface area contributed by atoms with Crippen LogP contribution in [0.3, 0.4) is 0 Å². The third kappa shape index (κ3) is 4.83. The second kappa shape index (κ2) is 7.82. The van der Waals surface area contributed by atoms with Crippen LogP contribution < -0.4 is 5.32 Å². The number of hydrogen-bond acceptors (Lipinski definition) is 5. The number of H-pyrrole nitrogens is 1. The Bertz CT molecular complexity index is 817. The number of rotatable bonds is 5. The van der Waals surface area contributed by atoms with Crippen molar-refractivity contribution in [1.82, 2.24) is 15.3 Å². The highest BCUT2D eigenvalue weighted by Crippen LogP contribution is 2.25. The molecule has 0 bridgehead atoms. The molecule has 7 nitrogen and oxygen atoms in total. The Labute approximate surface area is 145 Å². The molecule has 0 fully saturated rings. The van der Waals surface area contributed by atoms with Crippen LogP contribution in [0.4, 0.5) is 5.69 Å². The lowest BCUT2D eigenvalue weighted by atomic mass is 10.1. The second-order valence-corrected chi connectivity index (χ2v) is 8.04. The first-order valence-electron chi connectivity index (χ1n) is 7.35. The maximum atomic E-state index is 11.6. The summed E-state index contributed by atoms with van der Waals surface area (Å²) in [6.45, 7) is 5.59. The Balaban J connectivity index is 2.35. The van der Waals surface area contributed by atoms with Gasteiger partial charge < -0.3 is 10.3 Å². The lowest BCUT2D eigenvalue weighted by Gasteiger charge is -2.14. The first-order valence-corrected chi connectivity index (χ1v) is 9.84. The third-order valence-electron chi connectivity index (χ3n) is 3.20. The zero-order chi connectivity index (χ0) is 17.7. The first kappa shape index (κ1) is 18.5. The first-order chi connectivity index (χ1) is 11.3. The predicted molar refractivity (Wildman–Crippen MR) is 98.1 cm³/mol. The molecular formula is C15H20N4O3S2. The van der Waals surface area contributed by atoms with Crippen LogP contribution >= 0.6 is 11.8 Å². The number of nitrogens with one attached hydrogen (secondary N) is 2. The van der Waals surface area contributed by atoms with E-state index >= 15 is 0 Å². The van der Waals surface area contributed by atoms with Gasteiger partial charge in [-0.15, -0.1) is 11.8 Å². The molecule has 0 aliphatic heterocycles. The monoisotopic (exact) mass is 368 g/mol. The fraction of sp³-hybridized carbons (Fsp3) is 0.333. The fourth-order valence-electron chi connectivity index (χ4n) is 2.10. The molecule has 1 atom stereocenters. The molecule has 1 aromatic heterocycles. The van der Waals surface area contributed by atoms with Gasteiger partial charge in [0.2, 0.25) is 5.17 Å². The van der Waals surface area contributed by atoms with Gasteiger partial charge in [0.05, 0.1) is 23.1 Å². The van der Waals surface area contributed by atoms with Crippen LogP contribution in [0.2, 0.25) is 0 Å². The Morgan fingerprint density at radius 3 is 2.79 bits per heavy atom. The van der Waals surface area contributed by atoms with Gasteiger partial charge in [0.25, 0.3) is 0 Å². The lowest BCUT2D eigenvalue weighted by molar-refractivity contribution is 0.496. The number of aromatic nitrogens is 2. The standard InChI is InChI=1S/C15H20N4O3S2/c1-4-23-11(3)18-15(24(20,21)22)19-13-6-5-12(7-10(13)2)14-8-16-9-17-14/h5-9,11H,4H2,1-3H3,(H,16,17)(H,18,19)(H,20,21,22). The summed E-state index contributed by atoms with van der Waals surface area (Å²) in [5.74, 6) is 0.810. The van der Waals surface area contributed by atoms with Crippen molar-refractivity contribution in [2.24, 2.45) is 4.99 Å². The van der Waals surface area contributed by atoms with Crippen molar-refractivity contribution in [3.8, 4) is 11.3 Å². The van der Waals surface area contributed by atoms with Crippen molar-refractivity contribution >= 4 is 32.7 Å². The molecule has 3 N–H and O–H groups in total. The van der Waals surface area contributed by atoms with Crippen molar-refractivity contribution < 1.29 is 13.0 Å². The van der Waals surface area contributed by atoms with E-state index in [1.807, 2.05) is 26.8 Å². The predicted octanol–water partition coefficient (Wildman–Crippen LogP) is 2.95. The van der Waals surface area contributed by atoms with E-state index in [0.29, 0.717) is 5.69 Å². The zero-order valence-electron chi connectivity index (χ0n) is 13.6. The highest BCUT2D eigenvalue weighted by Gasteiger charge is 2.19. The highest BCUT2D eigenvalue weighted by atomic mass is 32.2. The Morgan fingerprint density at radius 1 is 1.50 bits per heavy atom. The molecule has 0 aliphatic rings. The van der Waals surface area contributed by atoms with E-state index in [9.17, 15) is 13.0 Å². The summed E-state index contributed by atoms with van der Waals surface area (Å²) in [4.78, 5) is 11.2. The molecule has 1 aromatic carbocycles. The molecular weight excluding hydrogens is 348 g/mol. The minimum absolute atomic E-state index is 0.195. The largest absolute Gasteiger partial charge is 0.351 e. The SMILES string of the molecule is CCSC(C)N/C(=N\c1ccc(-c2c[nH]cn2)cc1C)S(=O)(=O)O. The van der Waals surface area contributed by atoms with Gasteiger partial charge in [-0.3, -0.25) is 4.55 Å². The van der Waals surface area contributed by atoms with Gasteiger partial charge >= 0.3 is 10.1 Å². The van der Waals surface area contributed by atoms with Gasteiger partial charge in [0.15, 0.2) is 0 Å². The third-order valence-corrected chi connectivity index (χ3v) is 4.85. The van der Waals surface area contributed by atoms with Crippen molar-refractivity contribution in [2.45, 2.75) is 26.1 Å². The number of aliphatic imine (C=N–C) groups is 1. The van der Waals surface area contributed by atoms with Crippen LogP contribution in [0.15, 0.2) is 35.7 Å². The van der Waals surface area contributed by atoms with Gasteiger partial charge in [-0.25, -0.2) is 9.98 Å². The van der Waals surface area contributed by atoms with E-state index in [4.69, 9.17) is 0 Å². The van der Waals surface area contributed by atoms with E-state index in [-0.39, 0.29) is 5.37 Å². The molecule has 0 saturated carbocycles. The minimum Gasteiger partial charge on any atom is -0.351 e. The maximum Gasteiger partial charge on any atom is 0.328 e. The number of imidazole rings is 1. The molecule has 1 heterocycles. The molecule has 9 heteroatoms. The summed E-state index contributed by atoms with van der Waals surface area (Å²) in [5, 5.41) is 2.09. The van der Waals surface area contributed by atoms with Crippen LogP contribution in [-0.4, -0.2) is 39.2 Å². The second-order valence-electron chi connectivity index (χ2n) is 5.09. The molecule has 0 aliphatic carbocycles. The van der Waals surface area contributed by atoms with Gasteiger partial charge in [0.1, 0.15) is 0 Å². The maximum absolute atomic E-state index is 11.6. The quantitative estimate of drug-likeness (QED) is 0.324. The Morgan fingerprint density at radius 2 is 2.25 bits per heavy atom. The van der Waals surface area contributed by atoms with Crippen LogP contribution in [0.1, 0.15) is 19.4 Å². The van der Waals surface area contributed by atoms with Crippen LogP contribution in [0.5, 0.6) is 0 Å². The topological polar surface area (TPSA) is 107 Å². The number of hydrogen-bond donors (Lipinski definition) is 3. The number of benzene rings is 1. The molecule has 1 unspecified atom stereocenters. The summed E-state index contributed by atoms with van der Waals surface area (Å²) >= 11 is 1.51. The number of thioether (sulfide) groups is 1. The average molecular weight is 368 g/mol. The molecule has 0 saturated heterocycles. The number of nitrogens with zero attached hydrogens (tertiary/aromatic N) is 2. The Hall–Kier alpha value is -1.84. The van der Waals surface area contributed by atoms with Gasteiger partial charge in [-0.2, -0.15) is 8.42 Å². The normalized spacial score (nSPS) is 13.8. The fourth-order valence-corrected chi connectivity index (χ4v) is 3.41. The van der Waals surface area contributed by atoms with Gasteiger partial charge in [-0.1, -0.05) is 13.0 Å². The van der Waals surface area contributed by atoms with Gasteiger partial charge in [0, 0.05) is 11.8 Å². The number of aromatic amines is 1. The van der Waals surface area contributed by atoms with E-state index in [1.54, 1.807) is 24.7 Å². The van der Waals surface area contributed by atoms with Crippen molar-refractivity contribution in [3.05, 3.63) is 36.3 Å². The summed E-state index contributed by atoms with van der Waals surface area (Å²) < 4.78 is 32.6.